The van der Waals surface area contributed by atoms with Crippen molar-refractivity contribution < 1.29 is 19.6 Å². The van der Waals surface area contributed by atoms with Crippen molar-refractivity contribution in [2.75, 3.05) is 6.61 Å². The molecular weight excluding hydrogens is 204 g/mol. The Kier molecular flexibility index (Phi) is 3.17. The lowest BCUT2D eigenvalue weighted by atomic mass is 10.2. The molecule has 80 valence electrons. The molecule has 0 fully saturated rings. The molecule has 7 nitrogen and oxygen atoms in total. The number of pyridine rings is 1. The van der Waals surface area contributed by atoms with Gasteiger partial charge in [-0.05, 0) is 13.0 Å². The van der Waals surface area contributed by atoms with E-state index in [1.807, 2.05) is 0 Å². The molecule has 1 heterocycles. The smallest absolute Gasteiger partial charge is 0.341 e. The molecule has 1 aromatic heterocycles. The number of carboxylic acids is 1. The second kappa shape index (κ2) is 4.36. The van der Waals surface area contributed by atoms with Gasteiger partial charge >= 0.3 is 11.7 Å². The van der Waals surface area contributed by atoms with Crippen LogP contribution in [-0.2, 0) is 4.79 Å². The summed E-state index contributed by atoms with van der Waals surface area (Å²) < 4.78 is 4.69. The molecule has 0 amide bonds. The van der Waals surface area contributed by atoms with E-state index in [-0.39, 0.29) is 11.6 Å². The molecule has 0 atom stereocenters. The lowest BCUT2D eigenvalue weighted by molar-refractivity contribution is -0.386. The van der Waals surface area contributed by atoms with Crippen molar-refractivity contribution in [3.05, 3.63) is 27.9 Å². The zero-order chi connectivity index (χ0) is 11.4. The molecule has 0 aromatic carbocycles. The minimum Gasteiger partial charge on any atom is -0.479 e. The molecule has 1 aromatic rings. The van der Waals surface area contributed by atoms with Crippen molar-refractivity contribution in [1.29, 1.82) is 0 Å². The van der Waals surface area contributed by atoms with Crippen molar-refractivity contribution >= 4 is 11.7 Å². The number of hydrogen-bond acceptors (Lipinski definition) is 5. The Labute approximate surface area is 84.5 Å². The summed E-state index contributed by atoms with van der Waals surface area (Å²) in [6.45, 7) is 0.866. The van der Waals surface area contributed by atoms with Gasteiger partial charge in [0.1, 0.15) is 0 Å². The third-order valence-electron chi connectivity index (χ3n) is 1.61. The summed E-state index contributed by atoms with van der Waals surface area (Å²) >= 11 is 0. The number of aliphatic carboxylic acids is 1. The third kappa shape index (κ3) is 2.63. The fraction of sp³-hybridized carbons (Fsp3) is 0.250. The van der Waals surface area contributed by atoms with Crippen LogP contribution >= 0.6 is 0 Å². The van der Waals surface area contributed by atoms with Crippen LogP contribution in [0.3, 0.4) is 0 Å². The highest BCUT2D eigenvalue weighted by atomic mass is 16.6. The second-order valence-electron chi connectivity index (χ2n) is 2.72. The zero-order valence-corrected chi connectivity index (χ0v) is 7.84. The zero-order valence-electron chi connectivity index (χ0n) is 7.84. The summed E-state index contributed by atoms with van der Waals surface area (Å²) in [5.41, 5.74) is 0.0640. The number of aryl methyl sites for hydroxylation is 1. The lowest BCUT2D eigenvalue weighted by Gasteiger charge is -2.03. The standard InChI is InChI=1S/C8H8N2O5/c1-5-2-3-9-8(7(5)10(13)14)15-4-6(11)12/h2-3H,4H2,1H3,(H,11,12). The minimum atomic E-state index is -1.22. The molecule has 0 aliphatic carbocycles. The fourth-order valence-corrected chi connectivity index (χ4v) is 0.983. The van der Waals surface area contributed by atoms with E-state index < -0.39 is 17.5 Å². The molecule has 7 heteroatoms. The fourth-order valence-electron chi connectivity index (χ4n) is 0.983. The van der Waals surface area contributed by atoms with Gasteiger partial charge < -0.3 is 9.84 Å². The molecule has 0 bridgehead atoms. The number of ether oxygens (including phenoxy) is 1. The SMILES string of the molecule is Cc1ccnc(OCC(=O)O)c1[N+](=O)[O-]. The molecule has 0 saturated heterocycles. The van der Waals surface area contributed by atoms with Crippen LogP contribution in [0.1, 0.15) is 5.56 Å². The number of hydrogen-bond donors (Lipinski definition) is 1. The van der Waals surface area contributed by atoms with Gasteiger partial charge in [-0.15, -0.1) is 0 Å². The summed E-state index contributed by atoms with van der Waals surface area (Å²) in [5, 5.41) is 19.0. The topological polar surface area (TPSA) is 103 Å². The van der Waals surface area contributed by atoms with Gasteiger partial charge in [-0.25, -0.2) is 9.78 Å². The van der Waals surface area contributed by atoms with Crippen LogP contribution < -0.4 is 4.74 Å². The number of carbonyl (C=O) groups is 1. The molecule has 0 radical (unpaired) electrons. The summed E-state index contributed by atoms with van der Waals surface area (Å²) in [6.07, 6.45) is 1.32. The molecule has 0 aliphatic heterocycles. The Balaban J connectivity index is 3.01. The van der Waals surface area contributed by atoms with Crippen LogP contribution in [0.5, 0.6) is 5.88 Å². The highest BCUT2D eigenvalue weighted by molar-refractivity contribution is 5.68. The normalized spacial score (nSPS) is 9.67. The summed E-state index contributed by atoms with van der Waals surface area (Å²) in [7, 11) is 0. The number of nitrogens with zero attached hydrogens (tertiary/aromatic N) is 2. The van der Waals surface area contributed by atoms with Crippen molar-refractivity contribution in [3.63, 3.8) is 0 Å². The number of carboxylic acid groups (broad SMARTS) is 1. The second-order valence-corrected chi connectivity index (χ2v) is 2.72. The molecule has 1 N–H and O–H groups in total. The van der Waals surface area contributed by atoms with E-state index in [0.29, 0.717) is 5.56 Å². The van der Waals surface area contributed by atoms with Gasteiger partial charge in [-0.1, -0.05) is 0 Å². The quantitative estimate of drug-likeness (QED) is 0.583. The highest BCUT2D eigenvalue weighted by Gasteiger charge is 2.20. The Morgan fingerprint density at radius 2 is 2.40 bits per heavy atom. The Morgan fingerprint density at radius 1 is 1.73 bits per heavy atom. The molecule has 0 unspecified atom stereocenters. The Bertz CT molecular complexity index is 404. The first kappa shape index (κ1) is 10.9. The first-order valence-electron chi connectivity index (χ1n) is 3.97. The molecule has 0 saturated carbocycles. The van der Waals surface area contributed by atoms with E-state index in [4.69, 9.17) is 5.11 Å². The first-order chi connectivity index (χ1) is 7.02. The molecule has 15 heavy (non-hydrogen) atoms. The van der Waals surface area contributed by atoms with Gasteiger partial charge in [0, 0.05) is 11.8 Å². The number of nitro groups is 1. The average molecular weight is 212 g/mol. The number of rotatable bonds is 4. The van der Waals surface area contributed by atoms with E-state index in [9.17, 15) is 14.9 Å². The van der Waals surface area contributed by atoms with Gasteiger partial charge in [0.2, 0.25) is 0 Å². The molecule has 0 spiro atoms. The monoisotopic (exact) mass is 212 g/mol. The molecular formula is C8H8N2O5. The van der Waals surface area contributed by atoms with Gasteiger partial charge in [0.05, 0.1) is 4.92 Å². The lowest BCUT2D eigenvalue weighted by Crippen LogP contribution is -2.11. The predicted molar refractivity (Wildman–Crippen MR) is 48.8 cm³/mol. The van der Waals surface area contributed by atoms with Crippen LogP contribution in [0, 0.1) is 17.0 Å². The first-order valence-corrected chi connectivity index (χ1v) is 3.97. The predicted octanol–water partition coefficient (Wildman–Crippen LogP) is 0.762. The van der Waals surface area contributed by atoms with E-state index >= 15 is 0 Å². The summed E-state index contributed by atoms with van der Waals surface area (Å²) in [5.74, 6) is -1.49. The largest absolute Gasteiger partial charge is 0.479 e. The van der Waals surface area contributed by atoms with Gasteiger partial charge in [0.25, 0.3) is 5.88 Å². The average Bonchev–Trinajstić information content (AvgIpc) is 2.13. The van der Waals surface area contributed by atoms with E-state index in [1.165, 1.54) is 19.2 Å². The third-order valence-corrected chi connectivity index (χ3v) is 1.61. The van der Waals surface area contributed by atoms with Gasteiger partial charge in [-0.2, -0.15) is 0 Å². The van der Waals surface area contributed by atoms with Crippen LogP contribution in [0.4, 0.5) is 5.69 Å². The van der Waals surface area contributed by atoms with Crippen molar-refractivity contribution in [1.82, 2.24) is 4.98 Å². The maximum atomic E-state index is 10.6. The molecule has 1 rings (SSSR count). The minimum absolute atomic E-state index is 0.276. The van der Waals surface area contributed by atoms with Crippen molar-refractivity contribution in [2.45, 2.75) is 6.92 Å². The van der Waals surface area contributed by atoms with E-state index in [1.54, 1.807) is 0 Å². The van der Waals surface area contributed by atoms with Crippen LogP contribution in [0.15, 0.2) is 12.3 Å². The summed E-state index contributed by atoms with van der Waals surface area (Å²) in [4.78, 5) is 23.8. The maximum Gasteiger partial charge on any atom is 0.341 e. The van der Waals surface area contributed by atoms with Crippen LogP contribution in [0.2, 0.25) is 0 Å². The summed E-state index contributed by atoms with van der Waals surface area (Å²) in [6, 6.07) is 1.45. The molecule has 0 aliphatic rings. The van der Waals surface area contributed by atoms with E-state index in [2.05, 4.69) is 9.72 Å². The Hall–Kier alpha value is -2.18. The van der Waals surface area contributed by atoms with Crippen molar-refractivity contribution in [2.24, 2.45) is 0 Å². The number of aromatic nitrogens is 1. The highest BCUT2D eigenvalue weighted by Crippen LogP contribution is 2.27. The van der Waals surface area contributed by atoms with E-state index in [0.717, 1.165) is 0 Å². The van der Waals surface area contributed by atoms with Crippen molar-refractivity contribution in [3.8, 4) is 5.88 Å². The van der Waals surface area contributed by atoms with Gasteiger partial charge in [0.15, 0.2) is 6.61 Å². The Morgan fingerprint density at radius 3 is 2.93 bits per heavy atom. The maximum absolute atomic E-state index is 10.6. The van der Waals surface area contributed by atoms with Crippen LogP contribution in [0.25, 0.3) is 0 Å². The van der Waals surface area contributed by atoms with Crippen LogP contribution in [-0.4, -0.2) is 27.6 Å². The van der Waals surface area contributed by atoms with Gasteiger partial charge in [-0.3, -0.25) is 10.1 Å².